The van der Waals surface area contributed by atoms with Crippen molar-refractivity contribution >= 4 is 17.5 Å². The molecule has 0 spiro atoms. The Morgan fingerprint density at radius 1 is 1.48 bits per heavy atom. The summed E-state index contributed by atoms with van der Waals surface area (Å²) in [5, 5.41) is 17.2. The van der Waals surface area contributed by atoms with Gasteiger partial charge >= 0.3 is 0 Å². The van der Waals surface area contributed by atoms with E-state index in [4.69, 9.17) is 16.7 Å². The summed E-state index contributed by atoms with van der Waals surface area (Å²) in [6.07, 6.45) is 2.11. The van der Waals surface area contributed by atoms with Gasteiger partial charge in [0.1, 0.15) is 6.54 Å². The van der Waals surface area contributed by atoms with Crippen LogP contribution in [0.25, 0.3) is 0 Å². The third-order valence-electron chi connectivity index (χ3n) is 2.99. The van der Waals surface area contributed by atoms with E-state index in [1.54, 1.807) is 24.2 Å². The summed E-state index contributed by atoms with van der Waals surface area (Å²) in [6, 6.07) is 7.41. The van der Waals surface area contributed by atoms with Crippen LogP contribution in [0.5, 0.6) is 0 Å². The van der Waals surface area contributed by atoms with Crippen LogP contribution in [0.3, 0.4) is 0 Å². The molecule has 0 saturated heterocycles. The van der Waals surface area contributed by atoms with Gasteiger partial charge in [-0.3, -0.25) is 4.79 Å². The molecule has 21 heavy (non-hydrogen) atoms. The Bertz CT molecular complexity index is 615. The largest absolute Gasteiger partial charge is 0.396 e. The standard InChI is InChI=1S/C14H17ClN4O2/c1-18(8-11-3-2-4-12(15)7-11)14(21)10-19-9-13(5-6-20)16-17-19/h2-4,7,9,20H,5-6,8,10H2,1H3. The van der Waals surface area contributed by atoms with Crippen LogP contribution in [0, 0.1) is 0 Å². The summed E-state index contributed by atoms with van der Waals surface area (Å²) in [5.74, 6) is -0.0737. The lowest BCUT2D eigenvalue weighted by Gasteiger charge is -2.17. The highest BCUT2D eigenvalue weighted by molar-refractivity contribution is 6.30. The predicted octanol–water partition coefficient (Wildman–Crippen LogP) is 1.12. The van der Waals surface area contributed by atoms with E-state index in [-0.39, 0.29) is 19.1 Å². The Kier molecular flexibility index (Phi) is 5.30. The van der Waals surface area contributed by atoms with Gasteiger partial charge in [-0.1, -0.05) is 28.9 Å². The minimum Gasteiger partial charge on any atom is -0.396 e. The molecule has 0 saturated carbocycles. The van der Waals surface area contributed by atoms with Gasteiger partial charge in [0.05, 0.1) is 5.69 Å². The molecular weight excluding hydrogens is 292 g/mol. The van der Waals surface area contributed by atoms with Gasteiger partial charge in [0, 0.05) is 37.8 Å². The quantitative estimate of drug-likeness (QED) is 0.868. The van der Waals surface area contributed by atoms with Gasteiger partial charge in [0.25, 0.3) is 0 Å². The molecule has 112 valence electrons. The lowest BCUT2D eigenvalue weighted by Crippen LogP contribution is -2.30. The van der Waals surface area contributed by atoms with Crippen molar-refractivity contribution in [2.75, 3.05) is 13.7 Å². The van der Waals surface area contributed by atoms with E-state index in [1.807, 2.05) is 18.2 Å². The molecule has 1 aromatic heterocycles. The molecule has 1 N–H and O–H groups in total. The van der Waals surface area contributed by atoms with Crippen LogP contribution in [-0.2, 0) is 24.3 Å². The number of hydrogen-bond donors (Lipinski definition) is 1. The zero-order valence-corrected chi connectivity index (χ0v) is 12.5. The molecule has 0 radical (unpaired) electrons. The van der Waals surface area contributed by atoms with Crippen LogP contribution in [0.15, 0.2) is 30.5 Å². The van der Waals surface area contributed by atoms with Crippen LogP contribution in [0.4, 0.5) is 0 Å². The number of likely N-dealkylation sites (N-methyl/N-ethyl adjacent to an activating group) is 1. The number of aliphatic hydroxyl groups excluding tert-OH is 1. The van der Waals surface area contributed by atoms with E-state index in [9.17, 15) is 4.79 Å². The molecule has 0 bridgehead atoms. The van der Waals surface area contributed by atoms with Crippen LogP contribution >= 0.6 is 11.6 Å². The first-order valence-electron chi connectivity index (χ1n) is 6.57. The minimum atomic E-state index is -0.0737. The second-order valence-electron chi connectivity index (χ2n) is 4.76. The highest BCUT2D eigenvalue weighted by atomic mass is 35.5. The molecule has 0 aliphatic rings. The van der Waals surface area contributed by atoms with Crippen LogP contribution in [0.2, 0.25) is 5.02 Å². The summed E-state index contributed by atoms with van der Waals surface area (Å²) < 4.78 is 1.47. The smallest absolute Gasteiger partial charge is 0.244 e. The van der Waals surface area contributed by atoms with Crippen LogP contribution in [-0.4, -0.2) is 44.6 Å². The number of rotatable bonds is 6. The minimum absolute atomic E-state index is 0.0152. The van der Waals surface area contributed by atoms with Gasteiger partial charge in [0.15, 0.2) is 0 Å². The third-order valence-corrected chi connectivity index (χ3v) is 3.22. The molecule has 6 nitrogen and oxygen atoms in total. The number of aromatic nitrogens is 3. The number of benzene rings is 1. The number of carbonyl (C=O) groups excluding carboxylic acids is 1. The maximum Gasteiger partial charge on any atom is 0.244 e. The lowest BCUT2D eigenvalue weighted by molar-refractivity contribution is -0.131. The van der Waals surface area contributed by atoms with Crippen molar-refractivity contribution in [1.29, 1.82) is 0 Å². The van der Waals surface area contributed by atoms with Crippen molar-refractivity contribution in [3.8, 4) is 0 Å². The maximum atomic E-state index is 12.1. The molecule has 1 amide bonds. The lowest BCUT2D eigenvalue weighted by atomic mass is 10.2. The van der Waals surface area contributed by atoms with E-state index < -0.39 is 0 Å². The van der Waals surface area contributed by atoms with E-state index in [0.29, 0.717) is 23.7 Å². The molecule has 2 rings (SSSR count). The number of amides is 1. The molecular formula is C14H17ClN4O2. The summed E-state index contributed by atoms with van der Waals surface area (Å²) in [5.41, 5.74) is 1.64. The number of carbonyl (C=O) groups is 1. The van der Waals surface area contributed by atoms with Crippen LogP contribution < -0.4 is 0 Å². The predicted molar refractivity (Wildman–Crippen MR) is 78.7 cm³/mol. The molecule has 0 fully saturated rings. The summed E-state index contributed by atoms with van der Waals surface area (Å²) >= 11 is 5.92. The second-order valence-corrected chi connectivity index (χ2v) is 5.20. The number of aliphatic hydroxyl groups is 1. The fourth-order valence-corrected chi connectivity index (χ4v) is 2.11. The maximum absolute atomic E-state index is 12.1. The Morgan fingerprint density at radius 2 is 2.29 bits per heavy atom. The van der Waals surface area contributed by atoms with Crippen molar-refractivity contribution in [3.05, 3.63) is 46.7 Å². The fraction of sp³-hybridized carbons (Fsp3) is 0.357. The Hall–Kier alpha value is -1.92. The number of hydrogen-bond acceptors (Lipinski definition) is 4. The first-order chi connectivity index (χ1) is 10.1. The van der Waals surface area contributed by atoms with E-state index >= 15 is 0 Å². The van der Waals surface area contributed by atoms with Crippen LogP contribution in [0.1, 0.15) is 11.3 Å². The molecule has 0 atom stereocenters. The highest BCUT2D eigenvalue weighted by Gasteiger charge is 2.11. The Balaban J connectivity index is 1.92. The number of nitrogens with zero attached hydrogens (tertiary/aromatic N) is 4. The molecule has 7 heteroatoms. The van der Waals surface area contributed by atoms with Gasteiger partial charge in [-0.05, 0) is 17.7 Å². The third kappa shape index (κ3) is 4.54. The topological polar surface area (TPSA) is 71.2 Å². The molecule has 0 unspecified atom stereocenters. The van der Waals surface area contributed by atoms with Crippen molar-refractivity contribution in [2.24, 2.45) is 0 Å². The summed E-state index contributed by atoms with van der Waals surface area (Å²) in [6.45, 7) is 0.619. The van der Waals surface area contributed by atoms with Gasteiger partial charge in [-0.25, -0.2) is 4.68 Å². The normalized spacial score (nSPS) is 10.6. The number of halogens is 1. The molecule has 0 aliphatic heterocycles. The van der Waals surface area contributed by atoms with Crippen molar-refractivity contribution in [3.63, 3.8) is 0 Å². The molecule has 1 heterocycles. The molecule has 1 aromatic carbocycles. The average Bonchev–Trinajstić information content (AvgIpc) is 2.86. The van der Waals surface area contributed by atoms with E-state index in [0.717, 1.165) is 5.56 Å². The molecule has 0 aliphatic carbocycles. The molecule has 2 aromatic rings. The summed E-state index contributed by atoms with van der Waals surface area (Å²) in [7, 11) is 1.73. The SMILES string of the molecule is CN(Cc1cccc(Cl)c1)C(=O)Cn1cc(CCO)nn1. The van der Waals surface area contributed by atoms with Crippen molar-refractivity contribution < 1.29 is 9.90 Å². The van der Waals surface area contributed by atoms with Crippen molar-refractivity contribution in [2.45, 2.75) is 19.5 Å². The zero-order chi connectivity index (χ0) is 15.2. The fourth-order valence-electron chi connectivity index (χ4n) is 1.90. The van der Waals surface area contributed by atoms with Gasteiger partial charge in [0.2, 0.25) is 5.91 Å². The first-order valence-corrected chi connectivity index (χ1v) is 6.94. The average molecular weight is 309 g/mol. The zero-order valence-electron chi connectivity index (χ0n) is 11.7. The first kappa shape index (κ1) is 15.5. The van der Waals surface area contributed by atoms with E-state index in [1.165, 1.54) is 4.68 Å². The van der Waals surface area contributed by atoms with Crippen molar-refractivity contribution in [1.82, 2.24) is 19.9 Å². The summed E-state index contributed by atoms with van der Waals surface area (Å²) in [4.78, 5) is 13.7. The van der Waals surface area contributed by atoms with Gasteiger partial charge < -0.3 is 10.0 Å². The highest BCUT2D eigenvalue weighted by Crippen LogP contribution is 2.12. The Labute approximate surface area is 127 Å². The van der Waals surface area contributed by atoms with Gasteiger partial charge in [-0.2, -0.15) is 0 Å². The monoisotopic (exact) mass is 308 g/mol. The van der Waals surface area contributed by atoms with Gasteiger partial charge in [-0.15, -0.1) is 5.10 Å². The Morgan fingerprint density at radius 3 is 3.00 bits per heavy atom. The van der Waals surface area contributed by atoms with E-state index in [2.05, 4.69) is 10.3 Å². The second kappa shape index (κ2) is 7.19.